The maximum atomic E-state index is 13.2. The van der Waals surface area contributed by atoms with Gasteiger partial charge in [0.2, 0.25) is 11.8 Å². The van der Waals surface area contributed by atoms with Crippen LogP contribution in [-0.4, -0.2) is 45.7 Å². The number of piperazine rings is 1. The second-order valence-corrected chi connectivity index (χ2v) is 8.21. The number of carbonyl (C=O) groups excluding carboxylic acids is 2. The van der Waals surface area contributed by atoms with E-state index in [1.54, 1.807) is 9.80 Å². The number of aromatic amines is 1. The van der Waals surface area contributed by atoms with Crippen LogP contribution in [0.25, 0.3) is 10.9 Å². The van der Waals surface area contributed by atoms with Crippen LogP contribution in [-0.2, 0) is 16.0 Å². The van der Waals surface area contributed by atoms with Crippen molar-refractivity contribution in [2.24, 2.45) is 0 Å². The van der Waals surface area contributed by atoms with Gasteiger partial charge >= 0.3 is 0 Å². The number of halogens is 1. The normalized spacial score (nSPS) is 21.8. The lowest BCUT2D eigenvalue weighted by atomic mass is 9.86. The van der Waals surface area contributed by atoms with Gasteiger partial charge in [-0.25, -0.2) is 0 Å². The molecule has 5 nitrogen and oxygen atoms in total. The number of nitrogens with one attached hydrogen (secondary N) is 1. The van der Waals surface area contributed by atoms with Gasteiger partial charge in [0.05, 0.1) is 12.6 Å². The lowest BCUT2D eigenvalue weighted by Gasteiger charge is -2.47. The summed E-state index contributed by atoms with van der Waals surface area (Å²) >= 11 is 3.66. The van der Waals surface area contributed by atoms with Crippen molar-refractivity contribution in [1.82, 2.24) is 14.8 Å². The second kappa shape index (κ2) is 6.48. The minimum absolute atomic E-state index is 0.00323. The lowest BCUT2D eigenvalue weighted by Crippen LogP contribution is -2.62. The van der Waals surface area contributed by atoms with E-state index >= 15 is 0 Å². The molecule has 6 heteroatoms. The quantitative estimate of drug-likeness (QED) is 0.665. The van der Waals surface area contributed by atoms with Crippen LogP contribution in [0.4, 0.5) is 0 Å². The van der Waals surface area contributed by atoms with Crippen molar-refractivity contribution in [3.8, 4) is 0 Å². The number of nitrogens with zero attached hydrogens (tertiary/aromatic N) is 2. The second-order valence-electron chi connectivity index (χ2n) is 7.36. The summed E-state index contributed by atoms with van der Waals surface area (Å²) in [5, 5.41) is 1.13. The highest BCUT2D eigenvalue weighted by molar-refractivity contribution is 9.10. The van der Waals surface area contributed by atoms with E-state index < -0.39 is 6.04 Å². The highest BCUT2D eigenvalue weighted by Crippen LogP contribution is 2.44. The topological polar surface area (TPSA) is 56.4 Å². The molecule has 28 heavy (non-hydrogen) atoms. The Morgan fingerprint density at radius 3 is 2.64 bits per heavy atom. The number of fused-ring (bicyclic) bond motifs is 4. The van der Waals surface area contributed by atoms with Crippen LogP contribution in [0, 0.1) is 0 Å². The van der Waals surface area contributed by atoms with Gasteiger partial charge in [-0.3, -0.25) is 9.59 Å². The SMILES string of the molecule is CCN1CC(=O)N2[C@@H](c3ccccc3Br)c3[nH]c4ccccc4c3C[C@@H]2C1=O. The molecule has 3 aromatic rings. The van der Waals surface area contributed by atoms with Crippen molar-refractivity contribution >= 4 is 38.6 Å². The summed E-state index contributed by atoms with van der Waals surface area (Å²) in [4.78, 5) is 33.4. The Kier molecular flexibility index (Phi) is 4.05. The molecule has 0 spiro atoms. The Morgan fingerprint density at radius 1 is 1.11 bits per heavy atom. The third-order valence-corrected chi connectivity index (χ3v) is 6.65. The number of benzene rings is 2. The van der Waals surface area contributed by atoms with Gasteiger partial charge in [0.1, 0.15) is 6.04 Å². The summed E-state index contributed by atoms with van der Waals surface area (Å²) < 4.78 is 0.934. The zero-order valence-electron chi connectivity index (χ0n) is 15.5. The van der Waals surface area contributed by atoms with Gasteiger partial charge in [0, 0.05) is 34.0 Å². The summed E-state index contributed by atoms with van der Waals surface area (Å²) in [6.45, 7) is 2.61. The third kappa shape index (κ3) is 2.44. The van der Waals surface area contributed by atoms with Gasteiger partial charge in [-0.15, -0.1) is 0 Å². The van der Waals surface area contributed by atoms with E-state index in [4.69, 9.17) is 0 Å². The van der Waals surface area contributed by atoms with Crippen molar-refractivity contribution in [3.05, 3.63) is 69.8 Å². The number of hydrogen-bond donors (Lipinski definition) is 1. The molecule has 1 fully saturated rings. The summed E-state index contributed by atoms with van der Waals surface area (Å²) in [5.41, 5.74) is 4.18. The standard InChI is InChI=1S/C22H20BrN3O2/c1-2-25-12-19(27)26-18(22(25)28)11-15-13-7-4-6-10-17(13)24-20(15)21(26)14-8-3-5-9-16(14)23/h3-10,18,21,24H,2,11-12H2,1H3/t18-,21+/m1/s1. The average molecular weight is 438 g/mol. The van der Waals surface area contributed by atoms with Crippen molar-refractivity contribution in [3.63, 3.8) is 0 Å². The van der Waals surface area contributed by atoms with Crippen molar-refractivity contribution in [2.75, 3.05) is 13.1 Å². The average Bonchev–Trinajstić information content (AvgIpc) is 3.08. The minimum atomic E-state index is -0.468. The molecule has 0 saturated carbocycles. The van der Waals surface area contributed by atoms with Gasteiger partial charge in [-0.05, 0) is 30.2 Å². The van der Waals surface area contributed by atoms with E-state index in [1.807, 2.05) is 49.4 Å². The smallest absolute Gasteiger partial charge is 0.246 e. The molecule has 2 aliphatic rings. The predicted molar refractivity (Wildman–Crippen MR) is 111 cm³/mol. The van der Waals surface area contributed by atoms with Gasteiger partial charge in [-0.2, -0.15) is 0 Å². The molecule has 2 amide bonds. The molecule has 1 aromatic heterocycles. The van der Waals surface area contributed by atoms with Gasteiger partial charge < -0.3 is 14.8 Å². The van der Waals surface area contributed by atoms with Crippen LogP contribution < -0.4 is 0 Å². The third-order valence-electron chi connectivity index (χ3n) is 5.92. The number of amides is 2. The highest BCUT2D eigenvalue weighted by atomic mass is 79.9. The van der Waals surface area contributed by atoms with E-state index in [2.05, 4.69) is 27.0 Å². The number of rotatable bonds is 2. The summed E-state index contributed by atoms with van der Waals surface area (Å²) in [5.74, 6) is 0.0339. The molecule has 0 radical (unpaired) electrons. The zero-order chi connectivity index (χ0) is 19.4. The first kappa shape index (κ1) is 17.5. The van der Waals surface area contributed by atoms with Crippen molar-refractivity contribution in [2.45, 2.75) is 25.4 Å². The van der Waals surface area contributed by atoms with Crippen LogP contribution >= 0.6 is 15.9 Å². The molecule has 0 bridgehead atoms. The molecule has 5 rings (SSSR count). The molecular weight excluding hydrogens is 418 g/mol. The zero-order valence-corrected chi connectivity index (χ0v) is 17.1. The lowest BCUT2D eigenvalue weighted by molar-refractivity contribution is -0.158. The molecule has 3 heterocycles. The number of aromatic nitrogens is 1. The number of H-pyrrole nitrogens is 1. The number of hydrogen-bond acceptors (Lipinski definition) is 2. The molecule has 0 aliphatic carbocycles. The van der Waals surface area contributed by atoms with Crippen LogP contribution in [0.15, 0.2) is 53.0 Å². The van der Waals surface area contributed by atoms with Crippen molar-refractivity contribution in [1.29, 1.82) is 0 Å². The Morgan fingerprint density at radius 2 is 1.86 bits per heavy atom. The Labute approximate surface area is 171 Å². The maximum absolute atomic E-state index is 13.2. The Bertz CT molecular complexity index is 1110. The van der Waals surface area contributed by atoms with E-state index in [0.717, 1.165) is 32.2 Å². The fraction of sp³-hybridized carbons (Fsp3) is 0.273. The molecule has 2 aliphatic heterocycles. The van der Waals surface area contributed by atoms with Crippen LogP contribution in [0.2, 0.25) is 0 Å². The van der Waals surface area contributed by atoms with Crippen LogP contribution in [0.3, 0.4) is 0 Å². The number of para-hydroxylation sites is 1. The monoisotopic (exact) mass is 437 g/mol. The number of carbonyl (C=O) groups is 2. The maximum Gasteiger partial charge on any atom is 0.246 e. The Balaban J connectivity index is 1.77. The first-order valence-electron chi connectivity index (χ1n) is 9.54. The fourth-order valence-electron chi connectivity index (χ4n) is 4.61. The largest absolute Gasteiger partial charge is 0.356 e. The predicted octanol–water partition coefficient (Wildman–Crippen LogP) is 3.64. The summed E-state index contributed by atoms with van der Waals surface area (Å²) in [7, 11) is 0. The van der Waals surface area contributed by atoms with Gasteiger partial charge in [-0.1, -0.05) is 52.3 Å². The number of likely N-dealkylation sites (N-methyl/N-ethyl adjacent to an activating group) is 1. The molecule has 0 unspecified atom stereocenters. The van der Waals surface area contributed by atoms with Gasteiger partial charge in [0.15, 0.2) is 0 Å². The summed E-state index contributed by atoms with van der Waals surface area (Å²) in [6, 6.07) is 15.3. The van der Waals surface area contributed by atoms with Crippen LogP contribution in [0.1, 0.15) is 29.8 Å². The first-order valence-corrected chi connectivity index (χ1v) is 10.3. The molecule has 1 saturated heterocycles. The summed E-state index contributed by atoms with van der Waals surface area (Å²) in [6.07, 6.45) is 0.543. The van der Waals surface area contributed by atoms with Crippen LogP contribution in [0.5, 0.6) is 0 Å². The van der Waals surface area contributed by atoms with E-state index in [0.29, 0.717) is 13.0 Å². The van der Waals surface area contributed by atoms with Crippen molar-refractivity contribution < 1.29 is 9.59 Å². The van der Waals surface area contributed by atoms with E-state index in [-0.39, 0.29) is 24.4 Å². The molecule has 2 atom stereocenters. The molecule has 1 N–H and O–H groups in total. The van der Waals surface area contributed by atoms with E-state index in [9.17, 15) is 9.59 Å². The Hall–Kier alpha value is -2.60. The molecule has 142 valence electrons. The molecular formula is C22H20BrN3O2. The fourth-order valence-corrected chi connectivity index (χ4v) is 5.11. The minimum Gasteiger partial charge on any atom is -0.356 e. The first-order chi connectivity index (χ1) is 13.6. The van der Waals surface area contributed by atoms with Gasteiger partial charge in [0.25, 0.3) is 0 Å². The highest BCUT2D eigenvalue weighted by Gasteiger charge is 2.48. The molecule has 2 aromatic carbocycles. The van der Waals surface area contributed by atoms with E-state index in [1.165, 1.54) is 0 Å².